The van der Waals surface area contributed by atoms with E-state index in [4.69, 9.17) is 0 Å². The van der Waals surface area contributed by atoms with Crippen molar-refractivity contribution in [2.24, 2.45) is 0 Å². The predicted molar refractivity (Wildman–Crippen MR) is 208 cm³/mol. The third kappa shape index (κ3) is 12.9. The Bertz CT molecular complexity index is 1250. The van der Waals surface area contributed by atoms with Gasteiger partial charge in [-0.05, 0) is 80.0 Å². The van der Waals surface area contributed by atoms with Gasteiger partial charge in [0.05, 0.1) is 8.07 Å². The van der Waals surface area contributed by atoms with Gasteiger partial charge in [-0.2, -0.15) is 0 Å². The summed E-state index contributed by atoms with van der Waals surface area (Å²) in [6.07, 6.45) is 18.3. The number of hydrogen-bond donors (Lipinski definition) is 0. The fourth-order valence-electron chi connectivity index (χ4n) is 7.24. The Kier molecular flexibility index (Phi) is 20.8. The molecule has 0 atom stereocenters. The average molecular weight is 702 g/mol. The molecular weight excluding hydrogens is 631 g/mol. The van der Waals surface area contributed by atoms with Crippen molar-refractivity contribution in [2.45, 2.75) is 174 Å². The van der Waals surface area contributed by atoms with Crippen LogP contribution in [0.4, 0.5) is 0 Å². The quantitative estimate of drug-likeness (QED) is 0.0663. The first-order valence-electron chi connectivity index (χ1n) is 19.2. The van der Waals surface area contributed by atoms with Crippen molar-refractivity contribution in [1.82, 2.24) is 0 Å². The van der Waals surface area contributed by atoms with Crippen molar-refractivity contribution >= 4 is 19.5 Å². The maximum atomic E-state index is 12.2. The topological polar surface area (TPSA) is 25.3 Å². The number of allylic oxidation sites excluding steroid dienone is 2. The van der Waals surface area contributed by atoms with Crippen LogP contribution in [0.2, 0.25) is 29.9 Å². The molecular formula is C43H70N2NiSi. The first-order valence-corrected chi connectivity index (χ1v) is 24.0. The fourth-order valence-corrected chi connectivity index (χ4v) is 10.6. The molecule has 0 fully saturated rings. The minimum absolute atomic E-state index is 1.02. The van der Waals surface area contributed by atoms with Crippen LogP contribution in [0.1, 0.15) is 154 Å². The van der Waals surface area contributed by atoms with Gasteiger partial charge in [0.25, 0.3) is 0 Å². The molecule has 0 bridgehead atoms. The Hall–Kier alpha value is -1.77. The van der Waals surface area contributed by atoms with Crippen molar-refractivity contribution in [3.8, 4) is 0 Å². The summed E-state index contributed by atoms with van der Waals surface area (Å²) in [4.78, 5) is 0. The van der Waals surface area contributed by atoms with E-state index in [1.165, 1.54) is 122 Å². The van der Waals surface area contributed by atoms with E-state index in [1.54, 1.807) is 19.1 Å². The molecule has 1 aliphatic heterocycles. The molecule has 1 heterocycles. The summed E-state index contributed by atoms with van der Waals surface area (Å²) in [6.45, 7) is 14.1. The van der Waals surface area contributed by atoms with Crippen molar-refractivity contribution in [3.63, 3.8) is 0 Å². The van der Waals surface area contributed by atoms with E-state index >= 15 is 0 Å². The third-order valence-corrected chi connectivity index (χ3v) is 16.1. The second-order valence-corrected chi connectivity index (χ2v) is 20.3. The molecule has 0 spiro atoms. The SMILES string of the molecule is CCCCCCCCC1=C(c2cccc(CCCCCC)c2)[N+](=[N-])C(c2cccc(C[Si](CC)(CC)CC)c2)=C1CCCC.[CH3][Ni][CH3]. The minimum atomic E-state index is -1.31. The molecule has 3 rings (SSSR count). The second kappa shape index (κ2) is 23.6. The number of rotatable bonds is 22. The molecule has 2 aromatic carbocycles. The summed E-state index contributed by atoms with van der Waals surface area (Å²) < 4.78 is 1.61. The van der Waals surface area contributed by atoms with Crippen LogP contribution < -0.4 is 0 Å². The van der Waals surface area contributed by atoms with Crippen LogP contribution in [0.5, 0.6) is 0 Å². The van der Waals surface area contributed by atoms with Gasteiger partial charge in [0, 0.05) is 22.3 Å². The van der Waals surface area contributed by atoms with Gasteiger partial charge in [0.2, 0.25) is 11.4 Å². The normalized spacial score (nSPS) is 13.5. The Labute approximate surface area is 298 Å². The molecule has 0 unspecified atom stereocenters. The first kappa shape index (κ1) is 41.4. The van der Waals surface area contributed by atoms with Crippen LogP contribution in [0.25, 0.3) is 16.9 Å². The molecule has 0 aliphatic carbocycles. The fraction of sp³-hybridized carbons (Fsp3) is 0.628. The zero-order chi connectivity index (χ0) is 34.5. The van der Waals surface area contributed by atoms with Crippen LogP contribution in [-0.2, 0) is 26.9 Å². The van der Waals surface area contributed by atoms with Crippen LogP contribution in [0, 0.1) is 0 Å². The molecule has 0 amide bonds. The Balaban J connectivity index is 0.00000246. The van der Waals surface area contributed by atoms with Gasteiger partial charge in [0.15, 0.2) is 0 Å². The Morgan fingerprint density at radius 1 is 0.553 bits per heavy atom. The van der Waals surface area contributed by atoms with Crippen LogP contribution in [0.15, 0.2) is 59.7 Å². The molecule has 2 nitrogen and oxygen atoms in total. The predicted octanol–water partition coefficient (Wildman–Crippen LogP) is 14.7. The van der Waals surface area contributed by atoms with Crippen molar-refractivity contribution in [2.75, 3.05) is 0 Å². The van der Waals surface area contributed by atoms with Gasteiger partial charge in [-0.15, -0.1) is 0 Å². The maximum absolute atomic E-state index is 12.2. The zero-order valence-electron chi connectivity index (χ0n) is 31.8. The van der Waals surface area contributed by atoms with Gasteiger partial charge >= 0.3 is 26.2 Å². The third-order valence-electron chi connectivity index (χ3n) is 10.5. The van der Waals surface area contributed by atoms with Crippen molar-refractivity contribution in [3.05, 3.63) is 87.5 Å². The summed E-state index contributed by atoms with van der Waals surface area (Å²) in [5.41, 5.74) is 22.3. The average Bonchev–Trinajstić information content (AvgIpc) is 3.37. The number of hydrogen-bond acceptors (Lipinski definition) is 0. The molecule has 0 radical (unpaired) electrons. The molecule has 0 aromatic heterocycles. The van der Waals surface area contributed by atoms with Gasteiger partial charge < -0.3 is 5.53 Å². The van der Waals surface area contributed by atoms with Gasteiger partial charge in [-0.1, -0.05) is 142 Å². The summed E-state index contributed by atoms with van der Waals surface area (Å²) in [5.74, 6) is 4.12. The number of aryl methyl sites for hydroxylation is 1. The van der Waals surface area contributed by atoms with E-state index in [1.807, 2.05) is 0 Å². The second-order valence-electron chi connectivity index (χ2n) is 13.9. The molecule has 266 valence electrons. The monoisotopic (exact) mass is 700 g/mol. The van der Waals surface area contributed by atoms with Crippen LogP contribution in [0.3, 0.4) is 0 Å². The number of nitrogens with zero attached hydrogens (tertiary/aromatic N) is 2. The van der Waals surface area contributed by atoms with E-state index in [9.17, 15) is 5.53 Å². The molecule has 2 aromatic rings. The molecule has 47 heavy (non-hydrogen) atoms. The van der Waals surface area contributed by atoms with E-state index in [2.05, 4.69) is 102 Å². The van der Waals surface area contributed by atoms with E-state index in [0.29, 0.717) is 0 Å². The van der Waals surface area contributed by atoms with E-state index < -0.39 is 8.07 Å². The summed E-state index contributed by atoms with van der Waals surface area (Å²) in [5, 5.41) is 0. The Morgan fingerprint density at radius 3 is 1.51 bits per heavy atom. The van der Waals surface area contributed by atoms with Gasteiger partial charge in [-0.3, -0.25) is 0 Å². The Morgan fingerprint density at radius 2 is 0.979 bits per heavy atom. The molecule has 4 heteroatoms. The van der Waals surface area contributed by atoms with Crippen LogP contribution in [-0.4, -0.2) is 12.8 Å². The number of benzene rings is 2. The molecule has 0 saturated heterocycles. The molecule has 1 aliphatic rings. The first-order chi connectivity index (χ1) is 22.9. The van der Waals surface area contributed by atoms with Gasteiger partial charge in [-0.25, -0.2) is 4.70 Å². The van der Waals surface area contributed by atoms with E-state index in [-0.39, 0.29) is 0 Å². The molecule has 0 N–H and O–H groups in total. The van der Waals surface area contributed by atoms with Crippen molar-refractivity contribution in [1.29, 1.82) is 0 Å². The standard InChI is InChI=1S/C41H64N2Si.2CH3.Ni/c1-7-13-16-18-19-21-30-39-38(29-15-9-3)41(37-28-23-26-35(32-37)33-44(10-4,11-5)12-6)43(42)40(39)36-27-22-25-34(31-36)24-20-17-14-8-2;;;/h22-23,25-28,31-32H,7-21,24,29-30,33H2,1-6H3;2*1H3;. The molecule has 0 saturated carbocycles. The summed E-state index contributed by atoms with van der Waals surface area (Å²) in [7, 11) is -1.31. The zero-order valence-corrected chi connectivity index (χ0v) is 33.8. The van der Waals surface area contributed by atoms with Crippen LogP contribution >= 0.6 is 0 Å². The van der Waals surface area contributed by atoms with Gasteiger partial charge in [0.1, 0.15) is 0 Å². The van der Waals surface area contributed by atoms with E-state index in [0.717, 1.165) is 43.5 Å². The number of unbranched alkanes of at least 4 members (excludes halogenated alkanes) is 9. The summed E-state index contributed by atoms with van der Waals surface area (Å²) in [6, 6.07) is 23.6. The summed E-state index contributed by atoms with van der Waals surface area (Å²) >= 11 is 1.62. The van der Waals surface area contributed by atoms with Crippen molar-refractivity contribution < 1.29 is 19.1 Å².